The Kier molecular flexibility index (Phi) is 5.01. The van der Waals surface area contributed by atoms with E-state index in [1.165, 1.54) is 23.1 Å². The standard InChI is InChI=1S/C19H20N4O2S2/c1-3-16(24)23(12-8-9-12)18-21-22-19(27-18)26-11(2)17(25)14-10-20-15-7-5-4-6-13(14)15/h4-7,10-12,20H,3,8-9H2,1-2H3/t11-/m0/s1. The van der Waals surface area contributed by atoms with Crippen molar-refractivity contribution in [2.24, 2.45) is 0 Å². The molecular formula is C19H20N4O2S2. The summed E-state index contributed by atoms with van der Waals surface area (Å²) in [6.07, 6.45) is 4.25. The molecule has 0 spiro atoms. The number of anilines is 1. The highest BCUT2D eigenvalue weighted by molar-refractivity contribution is 8.02. The number of benzene rings is 1. The topological polar surface area (TPSA) is 79.0 Å². The molecule has 0 bridgehead atoms. The highest BCUT2D eigenvalue weighted by Crippen LogP contribution is 2.37. The number of nitrogens with zero attached hydrogens (tertiary/aromatic N) is 3. The zero-order chi connectivity index (χ0) is 19.0. The van der Waals surface area contributed by atoms with Gasteiger partial charge in [0.15, 0.2) is 10.1 Å². The normalized spacial score (nSPS) is 15.0. The predicted molar refractivity (Wildman–Crippen MR) is 109 cm³/mol. The van der Waals surface area contributed by atoms with E-state index in [1.54, 1.807) is 11.1 Å². The van der Waals surface area contributed by atoms with E-state index in [-0.39, 0.29) is 23.0 Å². The molecule has 1 aliphatic carbocycles. The smallest absolute Gasteiger partial charge is 0.228 e. The Balaban J connectivity index is 1.50. The maximum absolute atomic E-state index is 12.9. The Morgan fingerprint density at radius 3 is 2.85 bits per heavy atom. The lowest BCUT2D eigenvalue weighted by atomic mass is 10.1. The van der Waals surface area contributed by atoms with Crippen LogP contribution in [0.15, 0.2) is 34.8 Å². The first kappa shape index (κ1) is 18.2. The summed E-state index contributed by atoms with van der Waals surface area (Å²) in [4.78, 5) is 30.0. The Hall–Kier alpha value is -2.19. The van der Waals surface area contributed by atoms with Gasteiger partial charge in [-0.25, -0.2) is 0 Å². The van der Waals surface area contributed by atoms with Gasteiger partial charge in [-0.2, -0.15) is 0 Å². The third-order valence-electron chi connectivity index (χ3n) is 4.59. The molecule has 1 fully saturated rings. The van der Waals surface area contributed by atoms with Gasteiger partial charge < -0.3 is 4.98 Å². The summed E-state index contributed by atoms with van der Waals surface area (Å²) in [5.41, 5.74) is 1.64. The van der Waals surface area contributed by atoms with E-state index in [9.17, 15) is 9.59 Å². The second kappa shape index (κ2) is 7.44. The summed E-state index contributed by atoms with van der Waals surface area (Å²) in [5, 5.41) is 9.69. The molecule has 0 unspecified atom stereocenters. The van der Waals surface area contributed by atoms with Gasteiger partial charge in [0.25, 0.3) is 0 Å². The Bertz CT molecular complexity index is 992. The Morgan fingerprint density at radius 1 is 1.33 bits per heavy atom. The molecule has 3 aromatic rings. The number of aromatic nitrogens is 3. The van der Waals surface area contributed by atoms with Crippen molar-refractivity contribution in [1.29, 1.82) is 0 Å². The number of nitrogens with one attached hydrogen (secondary N) is 1. The number of Topliss-reactive ketones (excluding diaryl/α,β-unsaturated/α-hetero) is 1. The SMILES string of the molecule is CCC(=O)N(c1nnc(S[C@@H](C)C(=O)c2c[nH]c3ccccc23)s1)C1CC1. The number of ketones is 1. The van der Waals surface area contributed by atoms with Gasteiger partial charge in [-0.1, -0.05) is 48.2 Å². The van der Waals surface area contributed by atoms with Crippen LogP contribution >= 0.6 is 23.1 Å². The number of amides is 1. The number of carbonyl (C=O) groups is 2. The molecule has 1 aliphatic rings. The molecule has 1 aromatic carbocycles. The lowest BCUT2D eigenvalue weighted by Gasteiger charge is -2.17. The first-order valence-corrected chi connectivity index (χ1v) is 10.7. The molecule has 2 heterocycles. The molecule has 2 aromatic heterocycles. The lowest BCUT2D eigenvalue weighted by Crippen LogP contribution is -2.32. The second-order valence-electron chi connectivity index (χ2n) is 6.57. The number of aromatic amines is 1. The number of H-pyrrole nitrogens is 1. The lowest BCUT2D eigenvalue weighted by molar-refractivity contribution is -0.118. The second-order valence-corrected chi connectivity index (χ2v) is 9.12. The molecule has 1 atom stereocenters. The van der Waals surface area contributed by atoms with E-state index in [2.05, 4.69) is 15.2 Å². The summed E-state index contributed by atoms with van der Waals surface area (Å²) in [5.74, 6) is 0.131. The van der Waals surface area contributed by atoms with Crippen LogP contribution in [-0.2, 0) is 4.79 Å². The number of rotatable bonds is 7. The average Bonchev–Trinajstić information content (AvgIpc) is 3.25. The number of thioether (sulfide) groups is 1. The number of hydrogen-bond acceptors (Lipinski definition) is 6. The van der Waals surface area contributed by atoms with Crippen molar-refractivity contribution in [1.82, 2.24) is 15.2 Å². The maximum Gasteiger partial charge on any atom is 0.228 e. The molecule has 27 heavy (non-hydrogen) atoms. The molecule has 6 nitrogen and oxygen atoms in total. The molecular weight excluding hydrogens is 380 g/mol. The largest absolute Gasteiger partial charge is 0.360 e. The first-order valence-electron chi connectivity index (χ1n) is 9.01. The molecule has 0 radical (unpaired) electrons. The van der Waals surface area contributed by atoms with Crippen molar-refractivity contribution in [3.8, 4) is 0 Å². The number of carbonyl (C=O) groups excluding carboxylic acids is 2. The fraction of sp³-hybridized carbons (Fsp3) is 0.368. The van der Waals surface area contributed by atoms with E-state index < -0.39 is 0 Å². The number of para-hydroxylation sites is 1. The van der Waals surface area contributed by atoms with Gasteiger partial charge >= 0.3 is 0 Å². The van der Waals surface area contributed by atoms with Crippen LogP contribution in [0.3, 0.4) is 0 Å². The van der Waals surface area contributed by atoms with Gasteiger partial charge in [0.05, 0.1) is 5.25 Å². The monoisotopic (exact) mass is 400 g/mol. The Labute approximate surface area is 165 Å². The van der Waals surface area contributed by atoms with E-state index in [4.69, 9.17) is 0 Å². The third-order valence-corrected chi connectivity index (χ3v) is 6.69. The zero-order valence-corrected chi connectivity index (χ0v) is 16.8. The van der Waals surface area contributed by atoms with Gasteiger partial charge in [0, 0.05) is 35.1 Å². The fourth-order valence-electron chi connectivity index (χ4n) is 3.02. The van der Waals surface area contributed by atoms with Gasteiger partial charge in [-0.05, 0) is 25.8 Å². The average molecular weight is 401 g/mol. The summed E-state index contributed by atoms with van der Waals surface area (Å²) in [7, 11) is 0. The van der Waals surface area contributed by atoms with Crippen molar-refractivity contribution in [2.75, 3.05) is 4.90 Å². The molecule has 1 N–H and O–H groups in total. The summed E-state index contributed by atoms with van der Waals surface area (Å²) in [6.45, 7) is 3.74. The Morgan fingerprint density at radius 2 is 2.11 bits per heavy atom. The van der Waals surface area contributed by atoms with Crippen molar-refractivity contribution in [3.05, 3.63) is 36.0 Å². The predicted octanol–water partition coefficient (Wildman–Crippen LogP) is 4.29. The quantitative estimate of drug-likeness (QED) is 0.364. The van der Waals surface area contributed by atoms with Crippen LogP contribution in [0.1, 0.15) is 43.5 Å². The first-order chi connectivity index (χ1) is 13.1. The molecule has 8 heteroatoms. The van der Waals surface area contributed by atoms with Crippen LogP contribution in [0.25, 0.3) is 10.9 Å². The minimum atomic E-state index is -0.291. The molecule has 1 saturated carbocycles. The van der Waals surface area contributed by atoms with Crippen LogP contribution in [0.4, 0.5) is 5.13 Å². The van der Waals surface area contributed by atoms with Crippen molar-refractivity contribution >= 4 is 50.8 Å². The molecule has 1 amide bonds. The van der Waals surface area contributed by atoms with Crippen LogP contribution < -0.4 is 4.90 Å². The minimum Gasteiger partial charge on any atom is -0.360 e. The molecule has 4 rings (SSSR count). The highest BCUT2D eigenvalue weighted by Gasteiger charge is 2.35. The van der Waals surface area contributed by atoms with Crippen molar-refractivity contribution in [3.63, 3.8) is 0 Å². The summed E-state index contributed by atoms with van der Waals surface area (Å²) in [6, 6.07) is 8.03. The molecule has 140 valence electrons. The van der Waals surface area contributed by atoms with E-state index in [1.807, 2.05) is 38.1 Å². The van der Waals surface area contributed by atoms with Gasteiger partial charge in [-0.3, -0.25) is 14.5 Å². The van der Waals surface area contributed by atoms with Crippen molar-refractivity contribution < 1.29 is 9.59 Å². The molecule has 0 saturated heterocycles. The van der Waals surface area contributed by atoms with Crippen LogP contribution in [-0.4, -0.2) is 38.2 Å². The molecule has 0 aliphatic heterocycles. The van der Waals surface area contributed by atoms with E-state index in [0.29, 0.717) is 21.5 Å². The van der Waals surface area contributed by atoms with Crippen molar-refractivity contribution in [2.45, 2.75) is 48.7 Å². The fourth-order valence-corrected chi connectivity index (χ4v) is 5.16. The maximum atomic E-state index is 12.9. The zero-order valence-electron chi connectivity index (χ0n) is 15.1. The summed E-state index contributed by atoms with van der Waals surface area (Å²) >= 11 is 2.78. The highest BCUT2D eigenvalue weighted by atomic mass is 32.2. The van der Waals surface area contributed by atoms with Crippen LogP contribution in [0.5, 0.6) is 0 Å². The van der Waals surface area contributed by atoms with Crippen LogP contribution in [0, 0.1) is 0 Å². The van der Waals surface area contributed by atoms with Gasteiger partial charge in [0.1, 0.15) is 0 Å². The van der Waals surface area contributed by atoms with Gasteiger partial charge in [0.2, 0.25) is 11.0 Å². The van der Waals surface area contributed by atoms with E-state index >= 15 is 0 Å². The number of hydrogen-bond donors (Lipinski definition) is 1. The van der Waals surface area contributed by atoms with E-state index in [0.717, 1.165) is 23.7 Å². The van der Waals surface area contributed by atoms with Crippen LogP contribution in [0.2, 0.25) is 0 Å². The minimum absolute atomic E-state index is 0.0536. The number of fused-ring (bicyclic) bond motifs is 1. The third kappa shape index (κ3) is 3.64. The summed E-state index contributed by atoms with van der Waals surface area (Å²) < 4.78 is 0.709. The van der Waals surface area contributed by atoms with Gasteiger partial charge in [-0.15, -0.1) is 10.2 Å².